The average Bonchev–Trinajstić information content (AvgIpc) is 2.96. The van der Waals surface area contributed by atoms with Gasteiger partial charge in [-0.1, -0.05) is 73.5 Å². The maximum atomic E-state index is 13.1. The van der Waals surface area contributed by atoms with Gasteiger partial charge in [-0.3, -0.25) is 10.1 Å². The highest BCUT2D eigenvalue weighted by Crippen LogP contribution is 2.41. The van der Waals surface area contributed by atoms with Crippen LogP contribution in [0.15, 0.2) is 60.7 Å². The molecular weight excluding hydrogens is 320 g/mol. The number of nitrogens with one attached hydrogen (secondary N) is 1. The van der Waals surface area contributed by atoms with Crippen molar-refractivity contribution >= 4 is 5.91 Å². The molecule has 3 heteroatoms. The summed E-state index contributed by atoms with van der Waals surface area (Å²) in [6, 6.07) is 21.0. The molecule has 1 saturated heterocycles. The Kier molecular flexibility index (Phi) is 5.35. The van der Waals surface area contributed by atoms with Gasteiger partial charge < -0.3 is 4.90 Å². The van der Waals surface area contributed by atoms with E-state index in [4.69, 9.17) is 0 Å². The first kappa shape index (κ1) is 17.3. The van der Waals surface area contributed by atoms with E-state index < -0.39 is 0 Å². The van der Waals surface area contributed by atoms with Crippen LogP contribution in [0.3, 0.4) is 0 Å². The number of hydrogen-bond acceptors (Lipinski definition) is 2. The van der Waals surface area contributed by atoms with E-state index in [9.17, 15) is 4.79 Å². The minimum absolute atomic E-state index is 0.178. The zero-order chi connectivity index (χ0) is 17.8. The van der Waals surface area contributed by atoms with Gasteiger partial charge in [0.25, 0.3) is 0 Å². The number of benzene rings is 2. The van der Waals surface area contributed by atoms with Crippen molar-refractivity contribution in [2.45, 2.75) is 44.8 Å². The third kappa shape index (κ3) is 3.68. The van der Waals surface area contributed by atoms with Crippen LogP contribution < -0.4 is 5.32 Å². The molecule has 2 aliphatic rings. The standard InChI is InChI=1S/C23H28N2O/c26-23-21-14-8-7-13-20(21)22(24-16-15-18-9-3-1-4-10-18)25(23)17-19-11-5-2-6-12-19/h1-6,9-12,20-22,24H,7-8,13-17H2/t20-,21-,22+/m1/s1. The predicted molar refractivity (Wildman–Crippen MR) is 104 cm³/mol. The number of carbonyl (C=O) groups is 1. The molecule has 136 valence electrons. The molecule has 1 heterocycles. The van der Waals surface area contributed by atoms with Gasteiger partial charge in [0.05, 0.1) is 6.17 Å². The van der Waals surface area contributed by atoms with E-state index in [0.29, 0.717) is 11.8 Å². The van der Waals surface area contributed by atoms with E-state index in [-0.39, 0.29) is 12.1 Å². The van der Waals surface area contributed by atoms with Gasteiger partial charge in [-0.2, -0.15) is 0 Å². The Bertz CT molecular complexity index is 716. The molecule has 1 amide bonds. The maximum absolute atomic E-state index is 13.1. The number of fused-ring (bicyclic) bond motifs is 1. The van der Waals surface area contributed by atoms with E-state index >= 15 is 0 Å². The van der Waals surface area contributed by atoms with Gasteiger partial charge in [-0.05, 0) is 30.4 Å². The molecule has 2 aromatic rings. The first-order chi connectivity index (χ1) is 12.8. The molecule has 1 aliphatic carbocycles. The molecule has 1 saturated carbocycles. The van der Waals surface area contributed by atoms with Crippen molar-refractivity contribution in [2.75, 3.05) is 6.54 Å². The summed E-state index contributed by atoms with van der Waals surface area (Å²) in [5.41, 5.74) is 2.56. The van der Waals surface area contributed by atoms with E-state index in [1.807, 2.05) is 6.07 Å². The number of likely N-dealkylation sites (tertiary alicyclic amines) is 1. The van der Waals surface area contributed by atoms with Crippen LogP contribution in [0, 0.1) is 11.8 Å². The van der Waals surface area contributed by atoms with E-state index in [0.717, 1.165) is 25.9 Å². The molecule has 0 radical (unpaired) electrons. The van der Waals surface area contributed by atoms with Gasteiger partial charge in [-0.15, -0.1) is 0 Å². The Morgan fingerprint density at radius 2 is 1.54 bits per heavy atom. The lowest BCUT2D eigenvalue weighted by molar-refractivity contribution is -0.133. The van der Waals surface area contributed by atoms with E-state index in [2.05, 4.69) is 64.8 Å². The van der Waals surface area contributed by atoms with Gasteiger partial charge in [0, 0.05) is 24.9 Å². The molecule has 1 aliphatic heterocycles. The Morgan fingerprint density at radius 1 is 0.885 bits per heavy atom. The molecular formula is C23H28N2O. The van der Waals surface area contributed by atoms with E-state index in [1.165, 1.54) is 30.4 Å². The van der Waals surface area contributed by atoms with Gasteiger partial charge in [0.2, 0.25) is 5.91 Å². The number of amides is 1. The minimum Gasteiger partial charge on any atom is -0.322 e. The molecule has 0 spiro atoms. The summed E-state index contributed by atoms with van der Waals surface area (Å²) < 4.78 is 0. The zero-order valence-electron chi connectivity index (χ0n) is 15.3. The predicted octanol–water partition coefficient (Wildman–Crippen LogP) is 3.99. The maximum Gasteiger partial charge on any atom is 0.227 e. The third-order valence-electron chi connectivity index (χ3n) is 5.97. The van der Waals surface area contributed by atoms with Crippen LogP contribution in [0.1, 0.15) is 36.8 Å². The van der Waals surface area contributed by atoms with E-state index in [1.54, 1.807) is 0 Å². The molecule has 2 aromatic carbocycles. The molecule has 0 bridgehead atoms. The lowest BCUT2D eigenvalue weighted by Crippen LogP contribution is -2.46. The van der Waals surface area contributed by atoms with Gasteiger partial charge in [0.15, 0.2) is 0 Å². The summed E-state index contributed by atoms with van der Waals surface area (Å²) in [6.07, 6.45) is 5.86. The second-order valence-corrected chi connectivity index (χ2v) is 7.64. The van der Waals surface area contributed by atoms with Crippen LogP contribution in [0.25, 0.3) is 0 Å². The van der Waals surface area contributed by atoms with Gasteiger partial charge in [-0.25, -0.2) is 0 Å². The van der Waals surface area contributed by atoms with Crippen LogP contribution in [-0.2, 0) is 17.8 Å². The fraction of sp³-hybridized carbons (Fsp3) is 0.435. The molecule has 0 aromatic heterocycles. The lowest BCUT2D eigenvalue weighted by Gasteiger charge is -2.31. The number of rotatable bonds is 6. The molecule has 3 nitrogen and oxygen atoms in total. The third-order valence-corrected chi connectivity index (χ3v) is 5.97. The molecule has 0 unspecified atom stereocenters. The summed E-state index contributed by atoms with van der Waals surface area (Å²) in [7, 11) is 0. The highest BCUT2D eigenvalue weighted by Gasteiger charge is 2.48. The first-order valence-electron chi connectivity index (χ1n) is 9.94. The number of nitrogens with zero attached hydrogens (tertiary/aromatic N) is 1. The highest BCUT2D eigenvalue weighted by molar-refractivity contribution is 5.82. The van der Waals surface area contributed by atoms with Gasteiger partial charge in [0.1, 0.15) is 0 Å². The topological polar surface area (TPSA) is 32.3 Å². The van der Waals surface area contributed by atoms with Crippen molar-refractivity contribution in [1.29, 1.82) is 0 Å². The summed E-state index contributed by atoms with van der Waals surface area (Å²) in [6.45, 7) is 1.63. The van der Waals surface area contributed by atoms with Crippen LogP contribution >= 0.6 is 0 Å². The Labute approximate surface area is 156 Å². The Hall–Kier alpha value is -2.13. The zero-order valence-corrected chi connectivity index (χ0v) is 15.3. The van der Waals surface area contributed by atoms with Crippen molar-refractivity contribution in [2.24, 2.45) is 11.8 Å². The van der Waals surface area contributed by atoms with Crippen LogP contribution in [0.5, 0.6) is 0 Å². The molecule has 3 atom stereocenters. The van der Waals surface area contributed by atoms with Crippen LogP contribution in [-0.4, -0.2) is 23.5 Å². The second-order valence-electron chi connectivity index (χ2n) is 7.64. The average molecular weight is 348 g/mol. The summed E-state index contributed by atoms with van der Waals surface area (Å²) in [5, 5.41) is 3.74. The Balaban J connectivity index is 1.47. The summed E-state index contributed by atoms with van der Waals surface area (Å²) in [4.78, 5) is 15.2. The molecule has 4 rings (SSSR count). The van der Waals surface area contributed by atoms with Crippen LogP contribution in [0.2, 0.25) is 0 Å². The monoisotopic (exact) mass is 348 g/mol. The van der Waals surface area contributed by atoms with Crippen molar-refractivity contribution < 1.29 is 4.79 Å². The number of carbonyl (C=O) groups excluding carboxylic acids is 1. The van der Waals surface area contributed by atoms with Crippen molar-refractivity contribution in [3.63, 3.8) is 0 Å². The normalized spacial score (nSPS) is 25.3. The Morgan fingerprint density at radius 3 is 2.27 bits per heavy atom. The number of hydrogen-bond donors (Lipinski definition) is 1. The first-order valence-corrected chi connectivity index (χ1v) is 9.94. The smallest absolute Gasteiger partial charge is 0.227 e. The minimum atomic E-state index is 0.178. The molecule has 2 fully saturated rings. The molecule has 26 heavy (non-hydrogen) atoms. The van der Waals surface area contributed by atoms with Crippen molar-refractivity contribution in [3.05, 3.63) is 71.8 Å². The summed E-state index contributed by atoms with van der Waals surface area (Å²) >= 11 is 0. The molecule has 1 N–H and O–H groups in total. The highest BCUT2D eigenvalue weighted by atomic mass is 16.2. The quantitative estimate of drug-likeness (QED) is 0.856. The van der Waals surface area contributed by atoms with Crippen LogP contribution in [0.4, 0.5) is 0 Å². The lowest BCUT2D eigenvalue weighted by atomic mass is 9.80. The fourth-order valence-electron chi connectivity index (χ4n) is 4.65. The second kappa shape index (κ2) is 8.05. The van der Waals surface area contributed by atoms with Gasteiger partial charge >= 0.3 is 0 Å². The van der Waals surface area contributed by atoms with Crippen molar-refractivity contribution in [3.8, 4) is 0 Å². The largest absolute Gasteiger partial charge is 0.322 e. The summed E-state index contributed by atoms with van der Waals surface area (Å²) in [5.74, 6) is 1.05. The SMILES string of the molecule is O=C1[C@@H]2CCCC[C@H]2[C@@H](NCCc2ccccc2)N1Cc1ccccc1. The van der Waals surface area contributed by atoms with Crippen molar-refractivity contribution in [1.82, 2.24) is 10.2 Å². The fourth-order valence-corrected chi connectivity index (χ4v) is 4.65.